The van der Waals surface area contributed by atoms with E-state index in [1.807, 2.05) is 42.5 Å². The SMILES string of the molecule is O=C(/C=C/c1ccccc1)CC(/C=C/c1ccccc1)[N+]1(C(c2ccccc2)(c2ccccc2)c2ccccc2)C=Cc2ccccc21. The summed E-state index contributed by atoms with van der Waals surface area (Å²) in [5.74, 6) is 0.0694. The molecule has 0 fully saturated rings. The summed E-state index contributed by atoms with van der Waals surface area (Å²) in [6, 6.07) is 61.2. The van der Waals surface area contributed by atoms with Crippen LogP contribution in [0.2, 0.25) is 0 Å². The van der Waals surface area contributed by atoms with Gasteiger partial charge in [-0.2, -0.15) is 0 Å². The van der Waals surface area contributed by atoms with Crippen LogP contribution < -0.4 is 4.48 Å². The maximum Gasteiger partial charge on any atom is 0.186 e. The van der Waals surface area contributed by atoms with Crippen molar-refractivity contribution < 1.29 is 4.79 Å². The number of ketones is 1. The highest BCUT2D eigenvalue weighted by molar-refractivity contribution is 5.95. The lowest BCUT2D eigenvalue weighted by atomic mass is 9.72. The number of allylic oxidation sites excluding steroid dienone is 1. The third-order valence-corrected chi connectivity index (χ3v) is 9.46. The van der Waals surface area contributed by atoms with E-state index in [2.05, 4.69) is 164 Å². The van der Waals surface area contributed by atoms with Gasteiger partial charge in [-0.15, -0.1) is 0 Å². The Kier molecular flexibility index (Phi) is 8.91. The topological polar surface area (TPSA) is 17.1 Å². The molecule has 1 aliphatic heterocycles. The zero-order valence-electron chi connectivity index (χ0n) is 26.8. The molecule has 0 radical (unpaired) electrons. The molecule has 7 rings (SSSR count). The molecule has 0 aromatic heterocycles. The van der Waals surface area contributed by atoms with E-state index in [1.165, 1.54) is 0 Å². The molecule has 2 atom stereocenters. The van der Waals surface area contributed by atoms with Crippen molar-refractivity contribution >= 4 is 29.7 Å². The lowest BCUT2D eigenvalue weighted by Crippen LogP contribution is -2.65. The Morgan fingerprint density at radius 1 is 0.542 bits per heavy atom. The molecule has 0 saturated carbocycles. The molecule has 1 aliphatic rings. The van der Waals surface area contributed by atoms with Gasteiger partial charge in [-0.1, -0.05) is 176 Å². The third-order valence-electron chi connectivity index (χ3n) is 9.46. The average Bonchev–Trinajstić information content (AvgIpc) is 3.55. The van der Waals surface area contributed by atoms with Crippen molar-refractivity contribution in [3.8, 4) is 0 Å². The van der Waals surface area contributed by atoms with E-state index < -0.39 is 5.54 Å². The van der Waals surface area contributed by atoms with Crippen molar-refractivity contribution in [1.29, 1.82) is 0 Å². The second-order valence-corrected chi connectivity index (χ2v) is 12.2. The van der Waals surface area contributed by atoms with Gasteiger partial charge in [0.1, 0.15) is 17.9 Å². The maximum absolute atomic E-state index is 14.2. The summed E-state index contributed by atoms with van der Waals surface area (Å²) in [5, 5.41) is 0. The van der Waals surface area contributed by atoms with Crippen LogP contribution in [0.3, 0.4) is 0 Å². The van der Waals surface area contributed by atoms with Gasteiger partial charge >= 0.3 is 0 Å². The zero-order valence-corrected chi connectivity index (χ0v) is 26.8. The summed E-state index contributed by atoms with van der Waals surface area (Å²) in [4.78, 5) is 14.2. The first-order valence-corrected chi connectivity index (χ1v) is 16.5. The number of hydrogen-bond donors (Lipinski definition) is 0. The van der Waals surface area contributed by atoms with Crippen molar-refractivity contribution in [3.63, 3.8) is 0 Å². The van der Waals surface area contributed by atoms with Crippen LogP contribution in [0.25, 0.3) is 18.2 Å². The summed E-state index contributed by atoms with van der Waals surface area (Å²) in [6.07, 6.45) is 13.0. The summed E-state index contributed by atoms with van der Waals surface area (Å²) >= 11 is 0. The molecule has 2 heteroatoms. The molecular formula is C46H38NO+. The molecule has 6 aromatic rings. The first-order valence-electron chi connectivity index (χ1n) is 16.5. The minimum absolute atomic E-state index is 0.0694. The number of para-hydroxylation sites is 1. The standard InChI is InChI=1S/C46H38NO/c48-44(33-31-38-20-8-2-9-21-38)36-43(32-30-37-18-6-1-7-19-37)47(35-34-39-22-16-17-29-45(39)47)46(40-23-10-3-11-24-40,41-25-12-4-13-26-41)42-27-14-5-15-28-42/h1-35,43H,36H2/q+1/b32-30+,33-31+. The van der Waals surface area contributed by atoms with Gasteiger partial charge < -0.3 is 0 Å². The first-order chi connectivity index (χ1) is 23.7. The Morgan fingerprint density at radius 3 is 1.50 bits per heavy atom. The second kappa shape index (κ2) is 13.9. The van der Waals surface area contributed by atoms with Gasteiger partial charge in [0, 0.05) is 34.4 Å². The first kappa shape index (κ1) is 30.8. The van der Waals surface area contributed by atoms with Crippen LogP contribution in [-0.4, -0.2) is 11.8 Å². The molecular weight excluding hydrogens is 583 g/mol. The van der Waals surface area contributed by atoms with Crippen LogP contribution >= 0.6 is 0 Å². The van der Waals surface area contributed by atoms with Crippen molar-refractivity contribution in [2.45, 2.75) is 18.0 Å². The van der Waals surface area contributed by atoms with Gasteiger partial charge in [0.25, 0.3) is 0 Å². The number of nitrogens with zero attached hydrogens (tertiary/aromatic N) is 1. The van der Waals surface area contributed by atoms with Gasteiger partial charge in [0.05, 0.1) is 6.42 Å². The van der Waals surface area contributed by atoms with Gasteiger partial charge in [-0.25, -0.2) is 4.48 Å². The Morgan fingerprint density at radius 2 is 0.979 bits per heavy atom. The number of quaternary nitrogens is 1. The number of carbonyl (C=O) groups is 1. The molecule has 0 spiro atoms. The van der Waals surface area contributed by atoms with E-state index in [0.717, 1.165) is 39.1 Å². The van der Waals surface area contributed by atoms with Crippen molar-refractivity contribution in [1.82, 2.24) is 4.48 Å². The maximum atomic E-state index is 14.2. The highest BCUT2D eigenvalue weighted by Gasteiger charge is 2.60. The molecule has 6 aromatic carbocycles. The normalized spacial score (nSPS) is 16.2. The monoisotopic (exact) mass is 620 g/mol. The number of fused-ring (bicyclic) bond motifs is 1. The lowest BCUT2D eigenvalue weighted by Gasteiger charge is -2.53. The molecule has 1 heterocycles. The Labute approximate surface area is 283 Å². The molecule has 0 aliphatic carbocycles. The second-order valence-electron chi connectivity index (χ2n) is 12.2. The predicted octanol–water partition coefficient (Wildman–Crippen LogP) is 10.7. The van der Waals surface area contributed by atoms with E-state index in [0.29, 0.717) is 10.9 Å². The Hall–Kier alpha value is -5.83. The van der Waals surface area contributed by atoms with Gasteiger partial charge in [0.15, 0.2) is 11.3 Å². The number of hydrogen-bond acceptors (Lipinski definition) is 1. The fourth-order valence-electron chi connectivity index (χ4n) is 7.41. The minimum Gasteiger partial charge on any atom is -0.295 e. The lowest BCUT2D eigenvalue weighted by molar-refractivity contribution is -0.115. The number of rotatable bonds is 11. The van der Waals surface area contributed by atoms with Gasteiger partial charge in [-0.05, 0) is 29.3 Å². The fraction of sp³-hybridized carbons (Fsp3) is 0.0652. The number of carbonyl (C=O) groups excluding carboxylic acids is 1. The molecule has 2 unspecified atom stereocenters. The number of benzene rings is 6. The van der Waals surface area contributed by atoms with Crippen molar-refractivity contribution in [2.75, 3.05) is 0 Å². The smallest absolute Gasteiger partial charge is 0.186 e. The molecule has 48 heavy (non-hydrogen) atoms. The quantitative estimate of drug-likeness (QED) is 0.0800. The van der Waals surface area contributed by atoms with Crippen LogP contribution in [0.15, 0.2) is 194 Å². The largest absolute Gasteiger partial charge is 0.295 e. The summed E-state index contributed by atoms with van der Waals surface area (Å²) < 4.78 is 0.370. The van der Waals surface area contributed by atoms with Crippen molar-refractivity contribution in [2.24, 2.45) is 0 Å². The minimum atomic E-state index is -0.762. The Balaban J connectivity index is 1.54. The van der Waals surface area contributed by atoms with E-state index in [4.69, 9.17) is 0 Å². The van der Waals surface area contributed by atoms with E-state index in [1.54, 1.807) is 6.08 Å². The van der Waals surface area contributed by atoms with E-state index in [-0.39, 0.29) is 11.8 Å². The summed E-state index contributed by atoms with van der Waals surface area (Å²) in [6.45, 7) is 0. The third kappa shape index (κ3) is 5.68. The van der Waals surface area contributed by atoms with Gasteiger partial charge in [-0.3, -0.25) is 4.79 Å². The summed E-state index contributed by atoms with van der Waals surface area (Å²) in [7, 11) is 0. The predicted molar refractivity (Wildman–Crippen MR) is 201 cm³/mol. The van der Waals surface area contributed by atoms with Crippen LogP contribution in [0.4, 0.5) is 5.69 Å². The molecule has 0 saturated heterocycles. The average molecular weight is 621 g/mol. The summed E-state index contributed by atoms with van der Waals surface area (Å²) in [5.41, 5.74) is 7.07. The van der Waals surface area contributed by atoms with Crippen LogP contribution in [0.1, 0.15) is 39.8 Å². The highest BCUT2D eigenvalue weighted by atomic mass is 16.1. The van der Waals surface area contributed by atoms with E-state index >= 15 is 0 Å². The Bertz CT molecular complexity index is 1950. The molecule has 0 amide bonds. The van der Waals surface area contributed by atoms with Gasteiger partial charge in [0.2, 0.25) is 0 Å². The molecule has 2 nitrogen and oxygen atoms in total. The molecule has 232 valence electrons. The molecule has 0 bridgehead atoms. The fourth-order valence-corrected chi connectivity index (χ4v) is 7.41. The van der Waals surface area contributed by atoms with E-state index in [9.17, 15) is 4.79 Å². The van der Waals surface area contributed by atoms with Crippen LogP contribution in [-0.2, 0) is 10.3 Å². The zero-order chi connectivity index (χ0) is 32.7. The van der Waals surface area contributed by atoms with Crippen LogP contribution in [0, 0.1) is 0 Å². The van der Waals surface area contributed by atoms with Crippen molar-refractivity contribution in [3.05, 3.63) is 228 Å². The molecule has 0 N–H and O–H groups in total. The highest BCUT2D eigenvalue weighted by Crippen LogP contribution is 2.56. The van der Waals surface area contributed by atoms with Crippen LogP contribution in [0.5, 0.6) is 0 Å².